The highest BCUT2D eigenvalue weighted by atomic mass is 16.2. The number of hydrogen-bond donors (Lipinski definition) is 2. The molecular weight excluding hydrogens is 320 g/mol. The fourth-order valence-corrected chi connectivity index (χ4v) is 2.42. The first-order valence-corrected chi connectivity index (χ1v) is 8.01. The number of carbonyl (C=O) groups is 2. The summed E-state index contributed by atoms with van der Waals surface area (Å²) in [7, 11) is 0. The van der Waals surface area contributed by atoms with Gasteiger partial charge in [0.15, 0.2) is 0 Å². The number of benzene rings is 1. The van der Waals surface area contributed by atoms with Gasteiger partial charge in [-0.3, -0.25) is 9.59 Å². The standard InChI is InChI=1S/C17H16N6O2/c1-10-7-8-18-17-21-14(22-23(10)17)16(25)20-13-4-2-3-11(9-13)15(24)19-12-5-6-12/h2-4,7-9,12H,5-6H2,1H3,(H,19,24)(H,20,25). The van der Waals surface area contributed by atoms with Crippen molar-refractivity contribution in [2.75, 3.05) is 5.32 Å². The zero-order valence-corrected chi connectivity index (χ0v) is 13.6. The van der Waals surface area contributed by atoms with E-state index in [1.807, 2.05) is 6.92 Å². The minimum atomic E-state index is -0.454. The van der Waals surface area contributed by atoms with Crippen molar-refractivity contribution >= 4 is 23.3 Å². The molecule has 0 unspecified atom stereocenters. The highest BCUT2D eigenvalue weighted by Crippen LogP contribution is 2.20. The van der Waals surface area contributed by atoms with Crippen molar-refractivity contribution in [3.63, 3.8) is 0 Å². The van der Waals surface area contributed by atoms with E-state index in [-0.39, 0.29) is 17.8 Å². The van der Waals surface area contributed by atoms with Crippen LogP contribution in [0.15, 0.2) is 36.5 Å². The smallest absolute Gasteiger partial charge is 0.295 e. The summed E-state index contributed by atoms with van der Waals surface area (Å²) < 4.78 is 1.51. The van der Waals surface area contributed by atoms with Crippen LogP contribution in [0.5, 0.6) is 0 Å². The van der Waals surface area contributed by atoms with Crippen LogP contribution in [0.1, 0.15) is 39.5 Å². The second-order valence-corrected chi connectivity index (χ2v) is 6.02. The topological polar surface area (TPSA) is 101 Å². The maximum absolute atomic E-state index is 12.4. The monoisotopic (exact) mass is 336 g/mol. The molecule has 0 bridgehead atoms. The van der Waals surface area contributed by atoms with Crippen LogP contribution in [0.4, 0.5) is 5.69 Å². The molecule has 8 heteroatoms. The van der Waals surface area contributed by atoms with Gasteiger partial charge in [0.25, 0.3) is 17.6 Å². The lowest BCUT2D eigenvalue weighted by molar-refractivity contribution is 0.0949. The summed E-state index contributed by atoms with van der Waals surface area (Å²) in [6.45, 7) is 1.85. The lowest BCUT2D eigenvalue weighted by atomic mass is 10.2. The van der Waals surface area contributed by atoms with E-state index in [0.29, 0.717) is 17.0 Å². The summed E-state index contributed by atoms with van der Waals surface area (Å²) in [6, 6.07) is 8.85. The van der Waals surface area contributed by atoms with E-state index in [9.17, 15) is 9.59 Å². The molecule has 4 rings (SSSR count). The van der Waals surface area contributed by atoms with E-state index in [4.69, 9.17) is 0 Å². The molecule has 1 aliphatic rings. The number of anilines is 1. The molecule has 2 heterocycles. The van der Waals surface area contributed by atoms with Gasteiger partial charge in [-0.25, -0.2) is 9.50 Å². The van der Waals surface area contributed by atoms with E-state index in [0.717, 1.165) is 18.5 Å². The molecule has 0 radical (unpaired) electrons. The van der Waals surface area contributed by atoms with Gasteiger partial charge in [-0.15, -0.1) is 5.10 Å². The molecule has 0 atom stereocenters. The first-order valence-electron chi connectivity index (χ1n) is 8.01. The number of aromatic nitrogens is 4. The quantitative estimate of drug-likeness (QED) is 0.753. The Labute approximate surface area is 143 Å². The average Bonchev–Trinajstić information content (AvgIpc) is 3.30. The van der Waals surface area contributed by atoms with Crippen molar-refractivity contribution < 1.29 is 9.59 Å². The molecule has 0 saturated heterocycles. The molecule has 126 valence electrons. The van der Waals surface area contributed by atoms with Crippen LogP contribution >= 0.6 is 0 Å². The second-order valence-electron chi connectivity index (χ2n) is 6.02. The normalized spacial score (nSPS) is 13.6. The summed E-state index contributed by atoms with van der Waals surface area (Å²) in [5.74, 6) is -0.203. The summed E-state index contributed by atoms with van der Waals surface area (Å²) in [5.41, 5.74) is 1.84. The maximum Gasteiger partial charge on any atom is 0.295 e. The third-order valence-corrected chi connectivity index (χ3v) is 3.93. The second kappa shape index (κ2) is 5.97. The van der Waals surface area contributed by atoms with Gasteiger partial charge in [0.2, 0.25) is 5.82 Å². The van der Waals surface area contributed by atoms with Crippen LogP contribution < -0.4 is 10.6 Å². The number of amides is 2. The van der Waals surface area contributed by atoms with E-state index in [1.54, 1.807) is 36.5 Å². The maximum atomic E-state index is 12.4. The molecule has 2 aromatic heterocycles. The Morgan fingerprint density at radius 1 is 1.20 bits per heavy atom. The third-order valence-electron chi connectivity index (χ3n) is 3.93. The Morgan fingerprint density at radius 3 is 2.80 bits per heavy atom. The molecule has 1 aromatic carbocycles. The van der Waals surface area contributed by atoms with Gasteiger partial charge in [0, 0.05) is 29.2 Å². The molecule has 0 aliphatic heterocycles. The fraction of sp³-hybridized carbons (Fsp3) is 0.235. The highest BCUT2D eigenvalue weighted by molar-refractivity contribution is 6.03. The average molecular weight is 336 g/mol. The van der Waals surface area contributed by atoms with E-state index < -0.39 is 5.91 Å². The van der Waals surface area contributed by atoms with Gasteiger partial charge < -0.3 is 10.6 Å². The zero-order chi connectivity index (χ0) is 17.4. The molecule has 1 saturated carbocycles. The summed E-state index contributed by atoms with van der Waals surface area (Å²) in [6.07, 6.45) is 3.66. The Morgan fingerprint density at radius 2 is 2.04 bits per heavy atom. The lowest BCUT2D eigenvalue weighted by Crippen LogP contribution is -2.25. The summed E-state index contributed by atoms with van der Waals surface area (Å²) in [4.78, 5) is 32.7. The Balaban J connectivity index is 1.53. The molecule has 8 nitrogen and oxygen atoms in total. The summed E-state index contributed by atoms with van der Waals surface area (Å²) >= 11 is 0. The number of carbonyl (C=O) groups excluding carboxylic acids is 2. The van der Waals surface area contributed by atoms with E-state index >= 15 is 0 Å². The van der Waals surface area contributed by atoms with Gasteiger partial charge in [-0.05, 0) is 44.0 Å². The van der Waals surface area contributed by atoms with Crippen LogP contribution in [-0.2, 0) is 0 Å². The Kier molecular flexibility index (Phi) is 3.64. The minimum absolute atomic E-state index is 0.0228. The number of nitrogens with one attached hydrogen (secondary N) is 2. The van der Waals surface area contributed by atoms with E-state index in [1.165, 1.54) is 4.52 Å². The molecule has 2 amide bonds. The zero-order valence-electron chi connectivity index (χ0n) is 13.6. The molecule has 1 fully saturated rings. The molecule has 1 aliphatic carbocycles. The first-order chi connectivity index (χ1) is 12.1. The lowest BCUT2D eigenvalue weighted by Gasteiger charge is -2.06. The van der Waals surface area contributed by atoms with Crippen molar-refractivity contribution in [1.82, 2.24) is 24.9 Å². The van der Waals surface area contributed by atoms with Gasteiger partial charge in [0.1, 0.15) is 0 Å². The van der Waals surface area contributed by atoms with Gasteiger partial charge in [0.05, 0.1) is 0 Å². The van der Waals surface area contributed by atoms with Crippen molar-refractivity contribution in [3.05, 3.63) is 53.6 Å². The highest BCUT2D eigenvalue weighted by Gasteiger charge is 2.24. The third kappa shape index (κ3) is 3.18. The van der Waals surface area contributed by atoms with E-state index in [2.05, 4.69) is 25.7 Å². The van der Waals surface area contributed by atoms with Gasteiger partial charge in [-0.2, -0.15) is 4.98 Å². The SMILES string of the molecule is Cc1ccnc2nc(C(=O)Nc3cccc(C(=O)NC4CC4)c3)nn12. The number of hydrogen-bond acceptors (Lipinski definition) is 5. The van der Waals surface area contributed by atoms with Crippen LogP contribution in [0.3, 0.4) is 0 Å². The molecule has 25 heavy (non-hydrogen) atoms. The predicted octanol–water partition coefficient (Wildman–Crippen LogP) is 1.58. The van der Waals surface area contributed by atoms with Gasteiger partial charge >= 0.3 is 0 Å². The van der Waals surface area contributed by atoms with Crippen LogP contribution in [-0.4, -0.2) is 37.4 Å². The van der Waals surface area contributed by atoms with Crippen molar-refractivity contribution in [2.24, 2.45) is 0 Å². The Bertz CT molecular complexity index is 976. The first kappa shape index (κ1) is 15.3. The van der Waals surface area contributed by atoms with Crippen molar-refractivity contribution in [1.29, 1.82) is 0 Å². The molecule has 2 N–H and O–H groups in total. The van der Waals surface area contributed by atoms with Crippen LogP contribution in [0.25, 0.3) is 5.78 Å². The van der Waals surface area contributed by atoms with Crippen LogP contribution in [0.2, 0.25) is 0 Å². The molecular formula is C17H16N6O2. The Hall–Kier alpha value is -3.29. The van der Waals surface area contributed by atoms with Crippen molar-refractivity contribution in [3.8, 4) is 0 Å². The van der Waals surface area contributed by atoms with Crippen molar-refractivity contribution in [2.45, 2.75) is 25.8 Å². The largest absolute Gasteiger partial charge is 0.349 e. The molecule has 0 spiro atoms. The van der Waals surface area contributed by atoms with Gasteiger partial charge in [-0.1, -0.05) is 6.07 Å². The number of aryl methyl sites for hydroxylation is 1. The fourth-order valence-electron chi connectivity index (χ4n) is 2.42. The summed E-state index contributed by atoms with van der Waals surface area (Å²) in [5, 5.41) is 9.80. The number of nitrogens with zero attached hydrogens (tertiary/aromatic N) is 4. The van der Waals surface area contributed by atoms with Crippen LogP contribution in [0, 0.1) is 6.92 Å². The number of fused-ring (bicyclic) bond motifs is 1. The minimum Gasteiger partial charge on any atom is -0.349 e. The predicted molar refractivity (Wildman–Crippen MR) is 90.4 cm³/mol. The number of rotatable bonds is 4. The molecule has 3 aromatic rings.